The van der Waals surface area contributed by atoms with E-state index < -0.39 is 17.6 Å². The molecule has 0 saturated heterocycles. The molecule has 1 N–H and O–H groups in total. The van der Waals surface area contributed by atoms with Gasteiger partial charge in [-0.3, -0.25) is 4.79 Å². The predicted molar refractivity (Wildman–Crippen MR) is 91.3 cm³/mol. The lowest BCUT2D eigenvalue weighted by Gasteiger charge is -2.36. The van der Waals surface area contributed by atoms with Gasteiger partial charge in [0.15, 0.2) is 11.9 Å². The highest BCUT2D eigenvalue weighted by Gasteiger charge is 2.42. The number of benzene rings is 1. The third-order valence-electron chi connectivity index (χ3n) is 5.21. The lowest BCUT2D eigenvalue weighted by Crippen LogP contribution is -2.53. The monoisotopic (exact) mass is 355 g/mol. The zero-order valence-corrected chi connectivity index (χ0v) is 14.7. The second-order valence-corrected chi connectivity index (χ2v) is 7.02. The molecule has 1 aromatic heterocycles. The molecule has 2 aliphatic rings. The summed E-state index contributed by atoms with van der Waals surface area (Å²) in [6, 6.07) is 7.22. The summed E-state index contributed by atoms with van der Waals surface area (Å²) < 4.78 is 10.5. The van der Waals surface area contributed by atoms with E-state index in [0.29, 0.717) is 23.7 Å². The highest BCUT2D eigenvalue weighted by Crippen LogP contribution is 2.36. The van der Waals surface area contributed by atoms with Gasteiger partial charge in [-0.25, -0.2) is 4.79 Å². The molecule has 0 bridgehead atoms. The summed E-state index contributed by atoms with van der Waals surface area (Å²) in [5.41, 5.74) is 0.700. The summed E-state index contributed by atoms with van der Waals surface area (Å²) in [5, 5.41) is 7.13. The van der Waals surface area contributed by atoms with Gasteiger partial charge in [-0.05, 0) is 24.5 Å². The van der Waals surface area contributed by atoms with Crippen LogP contribution in [0.4, 0.5) is 0 Å². The van der Waals surface area contributed by atoms with Gasteiger partial charge in [0.2, 0.25) is 5.89 Å². The van der Waals surface area contributed by atoms with Crippen molar-refractivity contribution in [3.63, 3.8) is 0 Å². The molecule has 7 nitrogen and oxygen atoms in total. The first-order chi connectivity index (χ1) is 12.6. The molecule has 1 aliphatic heterocycles. The number of carbonyl (C=O) groups is 2. The number of esters is 1. The molecule has 2 heterocycles. The summed E-state index contributed by atoms with van der Waals surface area (Å²) in [6.45, 7) is 1.73. The molecule has 26 heavy (non-hydrogen) atoms. The second-order valence-electron chi connectivity index (χ2n) is 7.02. The van der Waals surface area contributed by atoms with Crippen molar-refractivity contribution in [2.75, 3.05) is 0 Å². The number of aryl methyl sites for hydroxylation is 1. The van der Waals surface area contributed by atoms with Crippen LogP contribution >= 0.6 is 0 Å². The van der Waals surface area contributed by atoms with E-state index in [4.69, 9.17) is 9.26 Å². The van der Waals surface area contributed by atoms with Crippen LogP contribution in [0.1, 0.15) is 59.7 Å². The first kappa shape index (κ1) is 16.8. The fourth-order valence-electron chi connectivity index (χ4n) is 3.85. The Morgan fingerprint density at radius 1 is 1.23 bits per heavy atom. The lowest BCUT2D eigenvalue weighted by molar-refractivity contribution is -0.133. The van der Waals surface area contributed by atoms with Crippen molar-refractivity contribution in [3.05, 3.63) is 47.1 Å². The Hall–Kier alpha value is -2.70. The van der Waals surface area contributed by atoms with Gasteiger partial charge in [0.1, 0.15) is 5.54 Å². The van der Waals surface area contributed by atoms with E-state index in [9.17, 15) is 9.59 Å². The molecule has 1 aliphatic carbocycles. The van der Waals surface area contributed by atoms with Crippen molar-refractivity contribution in [1.29, 1.82) is 0 Å². The first-order valence-corrected chi connectivity index (χ1v) is 8.99. The molecule has 1 saturated carbocycles. The summed E-state index contributed by atoms with van der Waals surface area (Å²) in [6.07, 6.45) is 4.07. The van der Waals surface area contributed by atoms with Crippen LogP contribution < -0.4 is 5.32 Å². The molecule has 1 fully saturated rings. The van der Waals surface area contributed by atoms with Gasteiger partial charge in [0, 0.05) is 13.3 Å². The van der Waals surface area contributed by atoms with Gasteiger partial charge in [0.05, 0.1) is 5.56 Å². The highest BCUT2D eigenvalue weighted by molar-refractivity contribution is 5.95. The minimum absolute atomic E-state index is 0.308. The Balaban J connectivity index is 1.57. The minimum Gasteiger partial charge on any atom is -0.448 e. The summed E-state index contributed by atoms with van der Waals surface area (Å²) in [7, 11) is 0. The zero-order valence-electron chi connectivity index (χ0n) is 14.7. The SMILES string of the molecule is Cc1nc(C2(NC(=O)[C@H]3Cc4ccccc4C(=O)O3)CCCCC2)no1. The molecule has 4 rings (SSSR count). The van der Waals surface area contributed by atoms with Crippen LogP contribution in [0.2, 0.25) is 0 Å². The summed E-state index contributed by atoms with van der Waals surface area (Å²) in [5.74, 6) is 0.208. The molecule has 2 aromatic rings. The van der Waals surface area contributed by atoms with Crippen LogP contribution in [0, 0.1) is 6.92 Å². The van der Waals surface area contributed by atoms with Gasteiger partial charge in [-0.2, -0.15) is 4.98 Å². The van der Waals surface area contributed by atoms with E-state index in [1.165, 1.54) is 0 Å². The number of hydrogen-bond donors (Lipinski definition) is 1. The molecule has 1 amide bonds. The van der Waals surface area contributed by atoms with Crippen LogP contribution in [0.5, 0.6) is 0 Å². The minimum atomic E-state index is -0.843. The molecule has 0 radical (unpaired) electrons. The zero-order chi connectivity index (χ0) is 18.1. The fraction of sp³-hybridized carbons (Fsp3) is 0.474. The van der Waals surface area contributed by atoms with Crippen LogP contribution in [0.15, 0.2) is 28.8 Å². The average molecular weight is 355 g/mol. The maximum absolute atomic E-state index is 12.9. The van der Waals surface area contributed by atoms with Gasteiger partial charge in [-0.15, -0.1) is 0 Å². The van der Waals surface area contributed by atoms with Gasteiger partial charge >= 0.3 is 5.97 Å². The predicted octanol–water partition coefficient (Wildman–Crippen LogP) is 2.44. The topological polar surface area (TPSA) is 94.3 Å². The smallest absolute Gasteiger partial charge is 0.339 e. The van der Waals surface area contributed by atoms with Crippen LogP contribution in [-0.4, -0.2) is 28.1 Å². The number of amides is 1. The lowest BCUT2D eigenvalue weighted by atomic mass is 9.80. The Kier molecular flexibility index (Phi) is 4.22. The molecule has 0 unspecified atom stereocenters. The van der Waals surface area contributed by atoms with E-state index >= 15 is 0 Å². The van der Waals surface area contributed by atoms with Crippen molar-refractivity contribution < 1.29 is 18.8 Å². The quantitative estimate of drug-likeness (QED) is 0.850. The van der Waals surface area contributed by atoms with E-state index in [1.807, 2.05) is 12.1 Å². The molecule has 1 atom stereocenters. The van der Waals surface area contributed by atoms with Crippen LogP contribution in [-0.2, 0) is 21.5 Å². The summed E-state index contributed by atoms with van der Waals surface area (Å²) >= 11 is 0. The molecule has 7 heteroatoms. The van der Waals surface area contributed by atoms with Crippen LogP contribution in [0.3, 0.4) is 0 Å². The normalized spacial score (nSPS) is 21.6. The number of fused-ring (bicyclic) bond motifs is 1. The Bertz CT molecular complexity index is 839. The third-order valence-corrected chi connectivity index (χ3v) is 5.21. The number of hydrogen-bond acceptors (Lipinski definition) is 6. The van der Waals surface area contributed by atoms with Crippen molar-refractivity contribution in [2.24, 2.45) is 0 Å². The number of cyclic esters (lactones) is 1. The first-order valence-electron chi connectivity index (χ1n) is 8.99. The highest BCUT2D eigenvalue weighted by atomic mass is 16.5. The standard InChI is InChI=1S/C19H21N3O4/c1-12-20-18(22-26-12)19(9-5-2-6-10-19)21-16(23)15-11-13-7-3-4-8-14(13)17(24)25-15/h3-4,7-8,15H,2,5-6,9-11H2,1H3,(H,21,23)/t15-/m1/s1. The Morgan fingerprint density at radius 2 is 2.00 bits per heavy atom. The molecule has 136 valence electrons. The maximum atomic E-state index is 12.9. The molecule has 1 aromatic carbocycles. The van der Waals surface area contributed by atoms with Gasteiger partial charge < -0.3 is 14.6 Å². The van der Waals surface area contributed by atoms with Crippen molar-refractivity contribution in [3.8, 4) is 0 Å². The summed E-state index contributed by atoms with van der Waals surface area (Å²) in [4.78, 5) is 29.5. The third kappa shape index (κ3) is 2.98. The van der Waals surface area contributed by atoms with Gasteiger partial charge in [-0.1, -0.05) is 42.6 Å². The van der Waals surface area contributed by atoms with E-state index in [1.54, 1.807) is 19.1 Å². The van der Waals surface area contributed by atoms with Crippen LogP contribution in [0.25, 0.3) is 0 Å². The van der Waals surface area contributed by atoms with E-state index in [-0.39, 0.29) is 5.91 Å². The Morgan fingerprint density at radius 3 is 2.73 bits per heavy atom. The number of rotatable bonds is 3. The second kappa shape index (κ2) is 6.55. The van der Waals surface area contributed by atoms with Gasteiger partial charge in [0.25, 0.3) is 5.91 Å². The van der Waals surface area contributed by atoms with Crippen molar-refractivity contribution in [2.45, 2.75) is 57.1 Å². The number of nitrogens with zero attached hydrogens (tertiary/aromatic N) is 2. The number of carbonyl (C=O) groups excluding carboxylic acids is 2. The number of aromatic nitrogens is 2. The Labute approximate surface area is 151 Å². The molecular formula is C19H21N3O4. The van der Waals surface area contributed by atoms with E-state index in [0.717, 1.165) is 37.7 Å². The largest absolute Gasteiger partial charge is 0.448 e. The number of ether oxygens (including phenoxy) is 1. The average Bonchev–Trinajstić information content (AvgIpc) is 3.09. The maximum Gasteiger partial charge on any atom is 0.339 e. The number of nitrogens with one attached hydrogen (secondary N) is 1. The van der Waals surface area contributed by atoms with E-state index in [2.05, 4.69) is 15.5 Å². The van der Waals surface area contributed by atoms with Crippen molar-refractivity contribution in [1.82, 2.24) is 15.5 Å². The fourth-order valence-corrected chi connectivity index (χ4v) is 3.85. The van der Waals surface area contributed by atoms with Crippen molar-refractivity contribution >= 4 is 11.9 Å². The molecule has 0 spiro atoms. The molecular weight excluding hydrogens is 334 g/mol.